The van der Waals surface area contributed by atoms with Crippen LogP contribution in [0.25, 0.3) is 0 Å². The van der Waals surface area contributed by atoms with Crippen LogP contribution >= 0.6 is 15.9 Å². The average molecular weight is 227 g/mol. The maximum Gasteiger partial charge on any atom is 0.165 e. The Kier molecular flexibility index (Phi) is 2.94. The van der Waals surface area contributed by atoms with E-state index >= 15 is 0 Å². The van der Waals surface area contributed by atoms with E-state index in [1.165, 1.54) is 12.3 Å². The van der Waals surface area contributed by atoms with E-state index in [1.807, 2.05) is 0 Å². The van der Waals surface area contributed by atoms with Gasteiger partial charge in [0, 0.05) is 17.8 Å². The van der Waals surface area contributed by atoms with Gasteiger partial charge in [-0.15, -0.1) is 0 Å². The highest BCUT2D eigenvalue weighted by Crippen LogP contribution is 2.16. The molecule has 1 heterocycles. The van der Waals surface area contributed by atoms with E-state index in [0.29, 0.717) is 10.9 Å². The van der Waals surface area contributed by atoms with Gasteiger partial charge in [-0.1, -0.05) is 27.8 Å². The Labute approximate surface area is 78.7 Å². The smallest absolute Gasteiger partial charge is 0.165 e. The average Bonchev–Trinajstić information content (AvgIpc) is 2.07. The van der Waals surface area contributed by atoms with Crippen LogP contribution in [0, 0.1) is 11.8 Å². The molecule has 4 heteroatoms. The molecule has 0 aromatic carbocycles. The van der Waals surface area contributed by atoms with Crippen LogP contribution in [0.2, 0.25) is 0 Å². The fourth-order valence-corrected chi connectivity index (χ4v) is 0.808. The van der Waals surface area contributed by atoms with Crippen LogP contribution in [0.15, 0.2) is 12.3 Å². The second-order valence-corrected chi connectivity index (χ2v) is 2.62. The summed E-state index contributed by atoms with van der Waals surface area (Å²) in [6.45, 7) is 0. The Morgan fingerprint density at radius 3 is 3.00 bits per heavy atom. The molecule has 62 valence electrons. The highest BCUT2D eigenvalue weighted by molar-refractivity contribution is 9.09. The monoisotopic (exact) mass is 226 g/mol. The summed E-state index contributed by atoms with van der Waals surface area (Å²) in [4.78, 5) is 3.74. The molecule has 1 aromatic heterocycles. The summed E-state index contributed by atoms with van der Waals surface area (Å²) >= 11 is 3.16. The van der Waals surface area contributed by atoms with Gasteiger partial charge in [-0.2, -0.15) is 0 Å². The first-order valence-electron chi connectivity index (χ1n) is 3.23. The summed E-state index contributed by atoms with van der Waals surface area (Å²) in [5.41, 5.74) is 5.95. The number of halogens is 1. The zero-order valence-electron chi connectivity index (χ0n) is 6.21. The second kappa shape index (κ2) is 3.98. The Bertz CT molecular complexity index is 341. The van der Waals surface area contributed by atoms with Crippen LogP contribution in [0.3, 0.4) is 0 Å². The van der Waals surface area contributed by atoms with Gasteiger partial charge in [0.2, 0.25) is 0 Å². The second-order valence-electron chi connectivity index (χ2n) is 2.06. The normalized spacial score (nSPS) is 8.75. The van der Waals surface area contributed by atoms with Gasteiger partial charge in [-0.3, -0.25) is 0 Å². The van der Waals surface area contributed by atoms with Crippen LogP contribution < -0.4 is 5.73 Å². The molecule has 1 rings (SSSR count). The van der Waals surface area contributed by atoms with Gasteiger partial charge in [-0.25, -0.2) is 4.98 Å². The Balaban J connectivity index is 2.97. The number of aromatic nitrogens is 1. The molecule has 0 fully saturated rings. The van der Waals surface area contributed by atoms with Crippen molar-refractivity contribution in [1.82, 2.24) is 4.98 Å². The quantitative estimate of drug-likeness (QED) is 0.515. The first-order valence-corrected chi connectivity index (χ1v) is 4.35. The van der Waals surface area contributed by atoms with Crippen molar-refractivity contribution in [3.8, 4) is 17.6 Å². The third kappa shape index (κ3) is 2.14. The van der Waals surface area contributed by atoms with Crippen LogP contribution in [0.1, 0.15) is 5.56 Å². The molecule has 0 spiro atoms. The number of nitrogens with zero attached hydrogens (tertiary/aromatic N) is 1. The van der Waals surface area contributed by atoms with Gasteiger partial charge in [-0.05, 0) is 0 Å². The SMILES string of the molecule is Nc1ncc(C#CCBr)cc1O. The van der Waals surface area contributed by atoms with Gasteiger partial charge < -0.3 is 10.8 Å². The summed E-state index contributed by atoms with van der Waals surface area (Å²) in [5.74, 6) is 5.67. The van der Waals surface area contributed by atoms with Gasteiger partial charge in [0.25, 0.3) is 0 Å². The van der Waals surface area contributed by atoms with E-state index in [-0.39, 0.29) is 11.6 Å². The number of nitrogens with two attached hydrogens (primary N) is 1. The molecule has 0 aliphatic rings. The van der Waals surface area contributed by atoms with Gasteiger partial charge >= 0.3 is 0 Å². The molecular weight excluding hydrogens is 220 g/mol. The number of hydrogen-bond acceptors (Lipinski definition) is 3. The zero-order chi connectivity index (χ0) is 8.97. The molecular formula is C8H7BrN2O. The van der Waals surface area contributed by atoms with Crippen molar-refractivity contribution in [3.05, 3.63) is 17.8 Å². The number of alkyl halides is 1. The highest BCUT2D eigenvalue weighted by atomic mass is 79.9. The molecule has 3 nitrogen and oxygen atoms in total. The summed E-state index contributed by atoms with van der Waals surface area (Å²) in [6, 6.07) is 1.48. The minimum absolute atomic E-state index is 0.0311. The van der Waals surface area contributed by atoms with Crippen molar-refractivity contribution >= 4 is 21.7 Å². The minimum Gasteiger partial charge on any atom is -0.504 e. The van der Waals surface area contributed by atoms with Gasteiger partial charge in [0.15, 0.2) is 11.6 Å². The maximum absolute atomic E-state index is 9.13. The highest BCUT2D eigenvalue weighted by Gasteiger charge is 1.96. The third-order valence-corrected chi connectivity index (χ3v) is 1.48. The van der Waals surface area contributed by atoms with E-state index in [2.05, 4.69) is 32.8 Å². The molecule has 0 bridgehead atoms. The molecule has 12 heavy (non-hydrogen) atoms. The van der Waals surface area contributed by atoms with E-state index in [4.69, 9.17) is 10.8 Å². The lowest BCUT2D eigenvalue weighted by Crippen LogP contribution is -1.90. The predicted octanol–water partition coefficient (Wildman–Crippen LogP) is 1.12. The molecule has 0 amide bonds. The van der Waals surface area contributed by atoms with E-state index < -0.39 is 0 Å². The number of rotatable bonds is 0. The number of nitrogen functional groups attached to an aromatic ring is 1. The molecule has 1 aromatic rings. The Morgan fingerprint density at radius 2 is 2.42 bits per heavy atom. The number of anilines is 1. The minimum atomic E-state index is -0.0311. The molecule has 0 aliphatic carbocycles. The first kappa shape index (κ1) is 8.88. The number of aromatic hydroxyl groups is 1. The standard InChI is InChI=1S/C8H7BrN2O/c9-3-1-2-6-4-7(12)8(10)11-5-6/h4-5,12H,3H2,(H2,10,11). The summed E-state index contributed by atoms with van der Waals surface area (Å²) in [7, 11) is 0. The van der Waals surface area contributed by atoms with E-state index in [1.54, 1.807) is 0 Å². The predicted molar refractivity (Wildman–Crippen MR) is 51.0 cm³/mol. The van der Waals surface area contributed by atoms with Crippen LogP contribution in [-0.2, 0) is 0 Å². The van der Waals surface area contributed by atoms with E-state index in [0.717, 1.165) is 0 Å². The molecule has 0 radical (unpaired) electrons. The van der Waals surface area contributed by atoms with Crippen molar-refractivity contribution in [3.63, 3.8) is 0 Å². The lowest BCUT2D eigenvalue weighted by Gasteiger charge is -1.95. The summed E-state index contributed by atoms with van der Waals surface area (Å²) in [6.07, 6.45) is 1.52. The first-order chi connectivity index (χ1) is 5.74. The van der Waals surface area contributed by atoms with Gasteiger partial charge in [0.1, 0.15) is 0 Å². The Hall–Kier alpha value is -1.21. The van der Waals surface area contributed by atoms with E-state index in [9.17, 15) is 0 Å². The Morgan fingerprint density at radius 1 is 1.67 bits per heavy atom. The van der Waals surface area contributed by atoms with Crippen molar-refractivity contribution in [2.75, 3.05) is 11.1 Å². The molecule has 0 aliphatic heterocycles. The maximum atomic E-state index is 9.13. The van der Waals surface area contributed by atoms with Crippen molar-refractivity contribution in [2.24, 2.45) is 0 Å². The topological polar surface area (TPSA) is 59.1 Å². The molecule has 3 N–H and O–H groups in total. The number of hydrogen-bond donors (Lipinski definition) is 2. The molecule has 0 unspecified atom stereocenters. The van der Waals surface area contributed by atoms with Crippen molar-refractivity contribution < 1.29 is 5.11 Å². The fraction of sp³-hybridized carbons (Fsp3) is 0.125. The van der Waals surface area contributed by atoms with Gasteiger partial charge in [0.05, 0.1) is 5.33 Å². The summed E-state index contributed by atoms with van der Waals surface area (Å²) < 4.78 is 0. The number of pyridine rings is 1. The fourth-order valence-electron chi connectivity index (χ4n) is 0.668. The van der Waals surface area contributed by atoms with Crippen LogP contribution in [0.4, 0.5) is 5.82 Å². The lowest BCUT2D eigenvalue weighted by molar-refractivity contribution is 0.475. The third-order valence-electron chi connectivity index (χ3n) is 1.20. The molecule has 0 saturated carbocycles. The molecule has 0 saturated heterocycles. The molecule has 0 atom stereocenters. The zero-order valence-corrected chi connectivity index (χ0v) is 7.80. The van der Waals surface area contributed by atoms with Crippen LogP contribution in [0.5, 0.6) is 5.75 Å². The summed E-state index contributed by atoms with van der Waals surface area (Å²) in [5, 5.41) is 9.73. The largest absolute Gasteiger partial charge is 0.504 e. The van der Waals surface area contributed by atoms with Crippen molar-refractivity contribution in [2.45, 2.75) is 0 Å². The lowest BCUT2D eigenvalue weighted by atomic mass is 10.3. The van der Waals surface area contributed by atoms with Crippen molar-refractivity contribution in [1.29, 1.82) is 0 Å². The van der Waals surface area contributed by atoms with Crippen LogP contribution in [-0.4, -0.2) is 15.4 Å².